The molecule has 2 aromatic heterocycles. The minimum Gasteiger partial charge on any atom is -0.455 e. The van der Waals surface area contributed by atoms with Crippen LogP contribution in [0.5, 0.6) is 0 Å². The SMILES string of the molecule is Cc1cc(-c2nc3ccccc3n2-c2ccccc2)cc(C)c1-c1cccc2c1oc1ccccc12. The molecule has 0 saturated carbocycles. The van der Waals surface area contributed by atoms with E-state index in [9.17, 15) is 0 Å². The number of nitrogens with zero attached hydrogens (tertiary/aromatic N) is 2. The molecule has 0 radical (unpaired) electrons. The van der Waals surface area contributed by atoms with E-state index in [0.717, 1.165) is 55.6 Å². The predicted molar refractivity (Wildman–Crippen MR) is 149 cm³/mol. The van der Waals surface area contributed by atoms with Crippen LogP contribution in [0.25, 0.3) is 61.2 Å². The Labute approximate surface area is 209 Å². The molecule has 2 heterocycles. The molecule has 7 rings (SSSR count). The van der Waals surface area contributed by atoms with Gasteiger partial charge in [0.1, 0.15) is 17.0 Å². The number of fused-ring (bicyclic) bond motifs is 4. The number of rotatable bonds is 3. The molecule has 36 heavy (non-hydrogen) atoms. The van der Waals surface area contributed by atoms with Crippen molar-refractivity contribution in [2.45, 2.75) is 13.8 Å². The van der Waals surface area contributed by atoms with Crippen molar-refractivity contribution in [3.05, 3.63) is 120 Å². The van der Waals surface area contributed by atoms with Gasteiger partial charge in [-0.15, -0.1) is 0 Å². The number of aryl methyl sites for hydroxylation is 2. The Kier molecular flexibility index (Phi) is 4.58. The molecule has 0 bridgehead atoms. The predicted octanol–water partition coefficient (Wildman–Crippen LogP) is 8.88. The summed E-state index contributed by atoms with van der Waals surface area (Å²) in [5.41, 5.74) is 10.9. The van der Waals surface area contributed by atoms with Crippen LogP contribution in [0.1, 0.15) is 11.1 Å². The van der Waals surface area contributed by atoms with Gasteiger partial charge in [-0.25, -0.2) is 4.98 Å². The Morgan fingerprint density at radius 2 is 1.36 bits per heavy atom. The second kappa shape index (κ2) is 7.96. The highest BCUT2D eigenvalue weighted by Gasteiger charge is 2.19. The normalized spacial score (nSPS) is 11.6. The summed E-state index contributed by atoms with van der Waals surface area (Å²) in [6, 6.07) is 38.0. The molecule has 0 fully saturated rings. The second-order valence-electron chi connectivity index (χ2n) is 9.36. The number of para-hydroxylation sites is 5. The van der Waals surface area contributed by atoms with E-state index >= 15 is 0 Å². The number of hydrogen-bond acceptors (Lipinski definition) is 2. The van der Waals surface area contributed by atoms with Crippen LogP contribution in [0, 0.1) is 13.8 Å². The summed E-state index contributed by atoms with van der Waals surface area (Å²) in [4.78, 5) is 5.07. The summed E-state index contributed by atoms with van der Waals surface area (Å²) in [6.45, 7) is 4.37. The molecule has 0 N–H and O–H groups in total. The number of benzene rings is 5. The highest BCUT2D eigenvalue weighted by Crippen LogP contribution is 2.40. The van der Waals surface area contributed by atoms with Gasteiger partial charge in [-0.2, -0.15) is 0 Å². The fraction of sp³-hybridized carbons (Fsp3) is 0.0606. The number of furan rings is 1. The van der Waals surface area contributed by atoms with E-state index in [1.165, 1.54) is 16.7 Å². The molecule has 0 unspecified atom stereocenters. The first kappa shape index (κ1) is 20.7. The molecule has 0 atom stereocenters. The van der Waals surface area contributed by atoms with Gasteiger partial charge >= 0.3 is 0 Å². The first-order valence-corrected chi connectivity index (χ1v) is 12.2. The topological polar surface area (TPSA) is 31.0 Å². The van der Waals surface area contributed by atoms with E-state index in [-0.39, 0.29) is 0 Å². The van der Waals surface area contributed by atoms with E-state index in [1.807, 2.05) is 24.3 Å². The molecule has 3 heteroatoms. The third-order valence-electron chi connectivity index (χ3n) is 7.04. The van der Waals surface area contributed by atoms with Crippen molar-refractivity contribution in [1.29, 1.82) is 0 Å². The molecular weight excluding hydrogens is 440 g/mol. The maximum Gasteiger partial charge on any atom is 0.145 e. The molecular formula is C33H24N2O. The minimum absolute atomic E-state index is 0.920. The quantitative estimate of drug-likeness (QED) is 0.261. The van der Waals surface area contributed by atoms with E-state index in [1.54, 1.807) is 0 Å². The van der Waals surface area contributed by atoms with Crippen LogP contribution in [0.2, 0.25) is 0 Å². The average Bonchev–Trinajstić information content (AvgIpc) is 3.48. The van der Waals surface area contributed by atoms with Crippen molar-refractivity contribution in [2.75, 3.05) is 0 Å². The number of imidazole rings is 1. The molecule has 3 nitrogen and oxygen atoms in total. The number of aromatic nitrogens is 2. The smallest absolute Gasteiger partial charge is 0.145 e. The van der Waals surface area contributed by atoms with Crippen molar-refractivity contribution in [1.82, 2.24) is 9.55 Å². The first-order valence-electron chi connectivity index (χ1n) is 12.2. The van der Waals surface area contributed by atoms with E-state index in [0.29, 0.717) is 0 Å². The lowest BCUT2D eigenvalue weighted by Crippen LogP contribution is -1.99. The van der Waals surface area contributed by atoms with Crippen molar-refractivity contribution < 1.29 is 4.42 Å². The maximum absolute atomic E-state index is 6.36. The van der Waals surface area contributed by atoms with E-state index < -0.39 is 0 Å². The Morgan fingerprint density at radius 1 is 0.667 bits per heavy atom. The zero-order valence-corrected chi connectivity index (χ0v) is 20.2. The summed E-state index contributed by atoms with van der Waals surface area (Å²) in [7, 11) is 0. The minimum atomic E-state index is 0.920. The van der Waals surface area contributed by atoms with Gasteiger partial charge < -0.3 is 4.42 Å². The third-order valence-corrected chi connectivity index (χ3v) is 7.04. The lowest BCUT2D eigenvalue weighted by molar-refractivity contribution is 0.670. The summed E-state index contributed by atoms with van der Waals surface area (Å²) in [5.74, 6) is 0.946. The monoisotopic (exact) mass is 464 g/mol. The van der Waals surface area contributed by atoms with Gasteiger partial charge in [-0.3, -0.25) is 4.57 Å². The fourth-order valence-electron chi connectivity index (χ4n) is 5.52. The molecule has 0 spiro atoms. The Morgan fingerprint density at radius 3 is 2.19 bits per heavy atom. The largest absolute Gasteiger partial charge is 0.455 e. The van der Waals surface area contributed by atoms with Crippen molar-refractivity contribution >= 4 is 33.0 Å². The van der Waals surface area contributed by atoms with E-state index in [2.05, 4.69) is 103 Å². The van der Waals surface area contributed by atoms with Crippen molar-refractivity contribution in [2.24, 2.45) is 0 Å². The summed E-state index contributed by atoms with van der Waals surface area (Å²) in [5, 5.41) is 2.30. The van der Waals surface area contributed by atoms with Crippen LogP contribution in [0.3, 0.4) is 0 Å². The molecule has 0 aliphatic rings. The van der Waals surface area contributed by atoms with Gasteiger partial charge in [0, 0.05) is 27.6 Å². The first-order chi connectivity index (χ1) is 17.7. The van der Waals surface area contributed by atoms with Gasteiger partial charge in [0.05, 0.1) is 11.0 Å². The van der Waals surface area contributed by atoms with Crippen molar-refractivity contribution in [3.8, 4) is 28.2 Å². The number of hydrogen-bond donors (Lipinski definition) is 0. The van der Waals surface area contributed by atoms with Gasteiger partial charge in [-0.1, -0.05) is 66.7 Å². The van der Waals surface area contributed by atoms with Crippen LogP contribution in [-0.4, -0.2) is 9.55 Å². The van der Waals surface area contributed by atoms with Crippen LogP contribution < -0.4 is 0 Å². The zero-order valence-electron chi connectivity index (χ0n) is 20.2. The van der Waals surface area contributed by atoms with Crippen LogP contribution in [0.15, 0.2) is 114 Å². The molecule has 0 saturated heterocycles. The highest BCUT2D eigenvalue weighted by atomic mass is 16.3. The Hall–Kier alpha value is -4.63. The summed E-state index contributed by atoms with van der Waals surface area (Å²) < 4.78 is 8.62. The summed E-state index contributed by atoms with van der Waals surface area (Å²) in [6.07, 6.45) is 0. The van der Waals surface area contributed by atoms with Crippen LogP contribution in [0.4, 0.5) is 0 Å². The Bertz CT molecular complexity index is 1880. The molecule has 0 aliphatic carbocycles. The lowest BCUT2D eigenvalue weighted by Gasteiger charge is -2.15. The maximum atomic E-state index is 6.36. The summed E-state index contributed by atoms with van der Waals surface area (Å²) >= 11 is 0. The molecule has 7 aromatic rings. The molecule has 5 aromatic carbocycles. The second-order valence-corrected chi connectivity index (χ2v) is 9.36. The van der Waals surface area contributed by atoms with Gasteiger partial charge in [-0.05, 0) is 73.0 Å². The van der Waals surface area contributed by atoms with Gasteiger partial charge in [0.25, 0.3) is 0 Å². The van der Waals surface area contributed by atoms with Gasteiger partial charge in [0.2, 0.25) is 0 Å². The van der Waals surface area contributed by atoms with Crippen LogP contribution in [-0.2, 0) is 0 Å². The van der Waals surface area contributed by atoms with Crippen molar-refractivity contribution in [3.63, 3.8) is 0 Å². The molecule has 0 aliphatic heterocycles. The molecule has 0 amide bonds. The fourth-order valence-corrected chi connectivity index (χ4v) is 5.52. The van der Waals surface area contributed by atoms with Crippen LogP contribution >= 0.6 is 0 Å². The highest BCUT2D eigenvalue weighted by molar-refractivity contribution is 6.10. The Balaban J connectivity index is 1.45. The van der Waals surface area contributed by atoms with Gasteiger partial charge in [0.15, 0.2) is 0 Å². The van der Waals surface area contributed by atoms with E-state index in [4.69, 9.17) is 9.40 Å². The lowest BCUT2D eigenvalue weighted by atomic mass is 9.92. The standard InChI is InChI=1S/C33H24N2O/c1-21-19-23(33-34-28-16-7-8-17-29(28)35(33)24-11-4-3-5-12-24)20-22(2)31(21)27-15-10-14-26-25-13-6-9-18-30(25)36-32(26)27/h3-20H,1-2H3. The third kappa shape index (κ3) is 3.10. The zero-order chi connectivity index (χ0) is 24.2. The average molecular weight is 465 g/mol. The molecule has 172 valence electrons.